The lowest BCUT2D eigenvalue weighted by Gasteiger charge is -2.37. The van der Waals surface area contributed by atoms with Gasteiger partial charge < -0.3 is 19.6 Å². The molecule has 0 saturated heterocycles. The molecule has 0 rings (SSSR count). The van der Waals surface area contributed by atoms with E-state index in [1.807, 2.05) is 0 Å². The number of rotatable bonds is 6. The Morgan fingerprint density at radius 2 is 1.70 bits per heavy atom. The largest absolute Gasteiger partial charge is 0.478 e. The highest BCUT2D eigenvalue weighted by atomic mass is 28.4. The molecule has 0 heterocycles. The Bertz CT molecular complexity index is 446. The van der Waals surface area contributed by atoms with Crippen molar-refractivity contribution in [2.75, 3.05) is 6.61 Å². The van der Waals surface area contributed by atoms with Gasteiger partial charge in [0.15, 0.2) is 8.32 Å². The van der Waals surface area contributed by atoms with Crippen molar-refractivity contribution in [1.29, 1.82) is 0 Å². The van der Waals surface area contributed by atoms with Gasteiger partial charge in [-0.2, -0.15) is 0 Å². The number of carboxylic acid groups (broad SMARTS) is 1. The number of hydrogen-bond acceptors (Lipinski definition) is 4. The van der Waals surface area contributed by atoms with Crippen LogP contribution in [-0.2, 0) is 14.0 Å². The van der Waals surface area contributed by atoms with Crippen molar-refractivity contribution in [1.82, 2.24) is 5.32 Å². The van der Waals surface area contributed by atoms with Crippen molar-refractivity contribution in [2.24, 2.45) is 0 Å². The fourth-order valence-electron chi connectivity index (χ4n) is 1.32. The van der Waals surface area contributed by atoms with E-state index in [-0.39, 0.29) is 11.6 Å². The predicted octanol–water partition coefficient (Wildman–Crippen LogP) is 3.54. The van der Waals surface area contributed by atoms with E-state index in [2.05, 4.69) is 39.2 Å². The van der Waals surface area contributed by atoms with E-state index in [1.165, 1.54) is 6.08 Å². The van der Waals surface area contributed by atoms with Crippen molar-refractivity contribution in [3.8, 4) is 0 Å². The highest BCUT2D eigenvalue weighted by molar-refractivity contribution is 6.74. The zero-order chi connectivity index (χ0) is 18.5. The molecule has 0 bridgehead atoms. The van der Waals surface area contributed by atoms with E-state index in [4.69, 9.17) is 14.3 Å². The van der Waals surface area contributed by atoms with Gasteiger partial charge >= 0.3 is 12.1 Å². The van der Waals surface area contributed by atoms with Gasteiger partial charge in [0.05, 0.1) is 12.6 Å². The molecule has 0 aromatic heterocycles. The number of hydrogen-bond donors (Lipinski definition) is 2. The summed E-state index contributed by atoms with van der Waals surface area (Å²) < 4.78 is 11.2. The molecule has 0 spiro atoms. The lowest BCUT2D eigenvalue weighted by molar-refractivity contribution is -0.131. The summed E-state index contributed by atoms with van der Waals surface area (Å²) in [5.74, 6) is -1.08. The Balaban J connectivity index is 4.90. The molecule has 0 aliphatic heterocycles. The third-order valence-electron chi connectivity index (χ3n) is 3.60. The Labute approximate surface area is 140 Å². The minimum Gasteiger partial charge on any atom is -0.478 e. The predicted molar refractivity (Wildman–Crippen MR) is 93.1 cm³/mol. The second-order valence-corrected chi connectivity index (χ2v) is 12.8. The van der Waals surface area contributed by atoms with Crippen LogP contribution in [0.1, 0.15) is 41.5 Å². The average Bonchev–Trinajstić information content (AvgIpc) is 2.28. The lowest BCUT2D eigenvalue weighted by Crippen LogP contribution is -2.46. The highest BCUT2D eigenvalue weighted by Gasteiger charge is 2.37. The van der Waals surface area contributed by atoms with E-state index in [0.29, 0.717) is 0 Å². The summed E-state index contributed by atoms with van der Waals surface area (Å²) in [4.78, 5) is 22.6. The van der Waals surface area contributed by atoms with Crippen LogP contribution in [0.25, 0.3) is 0 Å². The van der Waals surface area contributed by atoms with Gasteiger partial charge in [0.2, 0.25) is 0 Å². The fourth-order valence-corrected chi connectivity index (χ4v) is 2.35. The van der Waals surface area contributed by atoms with Gasteiger partial charge in [0.1, 0.15) is 5.60 Å². The first kappa shape index (κ1) is 21.7. The van der Waals surface area contributed by atoms with Crippen molar-refractivity contribution in [2.45, 2.75) is 71.3 Å². The minimum atomic E-state index is -2.00. The molecule has 7 heteroatoms. The van der Waals surface area contributed by atoms with Crippen molar-refractivity contribution in [3.05, 3.63) is 12.2 Å². The van der Waals surface area contributed by atoms with Crippen LogP contribution in [0.3, 0.4) is 0 Å². The number of aliphatic carboxylic acids is 1. The third kappa shape index (κ3) is 9.40. The van der Waals surface area contributed by atoms with E-state index >= 15 is 0 Å². The summed E-state index contributed by atoms with van der Waals surface area (Å²) in [6.45, 7) is 16.0. The Hall–Kier alpha value is -1.34. The van der Waals surface area contributed by atoms with Gasteiger partial charge in [0.25, 0.3) is 0 Å². The minimum absolute atomic E-state index is 0.0278. The van der Waals surface area contributed by atoms with Crippen LogP contribution in [-0.4, -0.2) is 43.7 Å². The SMILES string of the molecule is CC(C)(C)OC(=O)N[C@@H](/C=C/C(=O)O)CO[Si](C)(C)C(C)(C)C. The molecular weight excluding hydrogens is 314 g/mol. The summed E-state index contributed by atoms with van der Waals surface area (Å²) in [5, 5.41) is 11.4. The van der Waals surface area contributed by atoms with Crippen LogP contribution in [0.2, 0.25) is 18.1 Å². The Kier molecular flexibility index (Phi) is 7.50. The zero-order valence-corrected chi connectivity index (χ0v) is 16.5. The van der Waals surface area contributed by atoms with Gasteiger partial charge in [-0.05, 0) is 38.9 Å². The maximum Gasteiger partial charge on any atom is 0.408 e. The Morgan fingerprint density at radius 3 is 2.09 bits per heavy atom. The number of carboxylic acids is 1. The van der Waals surface area contributed by atoms with Gasteiger partial charge in [-0.3, -0.25) is 0 Å². The fraction of sp³-hybridized carbons (Fsp3) is 0.750. The van der Waals surface area contributed by atoms with Crippen LogP contribution in [0, 0.1) is 0 Å². The molecule has 0 saturated carbocycles. The van der Waals surface area contributed by atoms with Gasteiger partial charge in [-0.15, -0.1) is 0 Å². The molecule has 0 radical (unpaired) electrons. The second kappa shape index (κ2) is 7.96. The average molecular weight is 346 g/mol. The van der Waals surface area contributed by atoms with Crippen molar-refractivity contribution < 1.29 is 23.9 Å². The van der Waals surface area contributed by atoms with Gasteiger partial charge in [-0.1, -0.05) is 26.8 Å². The van der Waals surface area contributed by atoms with Gasteiger partial charge in [-0.25, -0.2) is 9.59 Å². The molecule has 23 heavy (non-hydrogen) atoms. The normalized spacial score (nSPS) is 14.6. The number of amides is 1. The number of carbonyl (C=O) groups excluding carboxylic acids is 1. The number of alkyl carbamates (subject to hydrolysis) is 1. The smallest absolute Gasteiger partial charge is 0.408 e. The molecule has 0 aromatic rings. The highest BCUT2D eigenvalue weighted by Crippen LogP contribution is 2.36. The van der Waals surface area contributed by atoms with Crippen LogP contribution in [0.5, 0.6) is 0 Å². The number of carbonyl (C=O) groups is 2. The zero-order valence-electron chi connectivity index (χ0n) is 15.5. The Morgan fingerprint density at radius 1 is 1.17 bits per heavy atom. The van der Waals surface area contributed by atoms with Crippen LogP contribution in [0.4, 0.5) is 4.79 Å². The molecule has 0 aliphatic carbocycles. The molecule has 0 fully saturated rings. The number of nitrogens with one attached hydrogen (secondary N) is 1. The lowest BCUT2D eigenvalue weighted by atomic mass is 10.2. The summed E-state index contributed by atoms with van der Waals surface area (Å²) in [6, 6.07) is -0.560. The van der Waals surface area contributed by atoms with E-state index in [1.54, 1.807) is 20.8 Å². The monoisotopic (exact) mass is 345 g/mol. The van der Waals surface area contributed by atoms with Crippen molar-refractivity contribution in [3.63, 3.8) is 0 Å². The summed E-state index contributed by atoms with van der Waals surface area (Å²) >= 11 is 0. The molecule has 2 N–H and O–H groups in total. The van der Waals surface area contributed by atoms with Crippen LogP contribution < -0.4 is 5.32 Å². The summed E-state index contributed by atoms with van der Waals surface area (Å²) in [6.07, 6.45) is 1.80. The summed E-state index contributed by atoms with van der Waals surface area (Å²) in [5.41, 5.74) is -0.620. The molecule has 0 aromatic carbocycles. The van der Waals surface area contributed by atoms with Crippen molar-refractivity contribution >= 4 is 20.4 Å². The molecular formula is C16H31NO5Si. The maximum absolute atomic E-state index is 11.9. The van der Waals surface area contributed by atoms with E-state index < -0.39 is 32.0 Å². The quantitative estimate of drug-likeness (QED) is 0.568. The maximum atomic E-state index is 11.9. The molecule has 0 aliphatic rings. The second-order valence-electron chi connectivity index (χ2n) is 8.02. The molecule has 0 unspecified atom stereocenters. The summed E-state index contributed by atoms with van der Waals surface area (Å²) in [7, 11) is -2.00. The van der Waals surface area contributed by atoms with Crippen LogP contribution in [0.15, 0.2) is 12.2 Å². The molecule has 1 atom stereocenters. The number of ether oxygens (including phenoxy) is 1. The molecule has 134 valence electrons. The molecule has 6 nitrogen and oxygen atoms in total. The van der Waals surface area contributed by atoms with E-state index in [0.717, 1.165) is 6.08 Å². The molecule has 1 amide bonds. The van der Waals surface area contributed by atoms with Gasteiger partial charge in [0, 0.05) is 6.08 Å². The standard InChI is InChI=1S/C16H31NO5Si/c1-15(2,3)22-14(20)17-12(9-10-13(18)19)11-21-23(7,8)16(4,5)6/h9-10,12H,11H2,1-8H3,(H,17,20)(H,18,19)/b10-9+/t12-/m0/s1. The van der Waals surface area contributed by atoms with E-state index in [9.17, 15) is 9.59 Å². The topological polar surface area (TPSA) is 84.9 Å². The third-order valence-corrected chi connectivity index (χ3v) is 8.10. The first-order chi connectivity index (χ1) is 10.1. The van der Waals surface area contributed by atoms with Crippen LogP contribution >= 0.6 is 0 Å². The first-order valence-corrected chi connectivity index (χ1v) is 10.6. The first-order valence-electron chi connectivity index (χ1n) is 7.69.